The summed E-state index contributed by atoms with van der Waals surface area (Å²) in [6, 6.07) is 13.7. The van der Waals surface area contributed by atoms with Gasteiger partial charge >= 0.3 is 0 Å². The van der Waals surface area contributed by atoms with Gasteiger partial charge in [-0.1, -0.05) is 30.0 Å². The van der Waals surface area contributed by atoms with Crippen LogP contribution in [0.15, 0.2) is 62.6 Å². The summed E-state index contributed by atoms with van der Waals surface area (Å²) in [6.45, 7) is 2.44. The molecule has 112 valence electrons. The van der Waals surface area contributed by atoms with Crippen LogP contribution in [0.25, 0.3) is 6.08 Å². The van der Waals surface area contributed by atoms with Crippen molar-refractivity contribution in [2.45, 2.75) is 16.9 Å². The van der Waals surface area contributed by atoms with E-state index in [-0.39, 0.29) is 5.91 Å². The second kappa shape index (κ2) is 6.37. The molecule has 0 bridgehead atoms. The lowest BCUT2D eigenvalue weighted by Crippen LogP contribution is -2.30. The van der Waals surface area contributed by atoms with Gasteiger partial charge in [0.25, 0.3) is 5.91 Å². The maximum Gasteiger partial charge on any atom is 0.276 e. The van der Waals surface area contributed by atoms with Gasteiger partial charge in [-0.25, -0.2) is 0 Å². The van der Waals surface area contributed by atoms with Crippen LogP contribution in [0.2, 0.25) is 0 Å². The fourth-order valence-corrected chi connectivity index (χ4v) is 3.19. The van der Waals surface area contributed by atoms with Gasteiger partial charge in [-0.05, 0) is 43.4 Å². The van der Waals surface area contributed by atoms with Crippen LogP contribution in [0.3, 0.4) is 0 Å². The Morgan fingerprint density at radius 2 is 2.05 bits per heavy atom. The van der Waals surface area contributed by atoms with Gasteiger partial charge in [-0.15, -0.1) is 0 Å². The second-order valence-electron chi connectivity index (χ2n) is 4.61. The number of hydrogen-bond acceptors (Lipinski definition) is 4. The molecule has 3 rings (SSSR count). The van der Waals surface area contributed by atoms with E-state index in [1.807, 2.05) is 49.4 Å². The zero-order valence-electron chi connectivity index (χ0n) is 11.9. The summed E-state index contributed by atoms with van der Waals surface area (Å²) in [5.41, 5.74) is 0.442. The predicted molar refractivity (Wildman–Crippen MR) is 90.4 cm³/mol. The molecule has 0 saturated carbocycles. The van der Waals surface area contributed by atoms with Crippen LogP contribution in [-0.2, 0) is 4.79 Å². The van der Waals surface area contributed by atoms with Crippen LogP contribution in [0, 0.1) is 0 Å². The zero-order valence-corrected chi connectivity index (χ0v) is 13.5. The van der Waals surface area contributed by atoms with Gasteiger partial charge in [0.2, 0.25) is 0 Å². The third kappa shape index (κ3) is 3.08. The fourth-order valence-electron chi connectivity index (χ4n) is 2.07. The number of hydrogen-bond donors (Lipinski definition) is 1. The molecule has 6 heteroatoms. The number of amides is 1. The van der Waals surface area contributed by atoms with Gasteiger partial charge < -0.3 is 9.73 Å². The van der Waals surface area contributed by atoms with Crippen LogP contribution in [0.4, 0.5) is 0 Å². The van der Waals surface area contributed by atoms with E-state index in [4.69, 9.17) is 16.6 Å². The average Bonchev–Trinajstić information content (AvgIpc) is 3.05. The molecule has 0 unspecified atom stereocenters. The summed E-state index contributed by atoms with van der Waals surface area (Å²) >= 11 is 6.66. The highest BCUT2D eigenvalue weighted by Gasteiger charge is 2.29. The van der Waals surface area contributed by atoms with E-state index < -0.39 is 0 Å². The molecule has 1 amide bonds. The smallest absolute Gasteiger partial charge is 0.276 e. The van der Waals surface area contributed by atoms with Gasteiger partial charge in [0, 0.05) is 17.5 Å². The summed E-state index contributed by atoms with van der Waals surface area (Å²) in [6.07, 6.45) is 1.68. The average molecular weight is 330 g/mol. The van der Waals surface area contributed by atoms with Crippen LogP contribution in [0.1, 0.15) is 12.7 Å². The van der Waals surface area contributed by atoms with Gasteiger partial charge in [0.15, 0.2) is 10.2 Å². The Labute approximate surface area is 138 Å². The van der Waals surface area contributed by atoms with Gasteiger partial charge in [-0.3, -0.25) is 9.69 Å². The third-order valence-corrected chi connectivity index (χ3v) is 4.38. The van der Waals surface area contributed by atoms with Crippen molar-refractivity contribution >= 4 is 41.1 Å². The third-order valence-electron chi connectivity index (χ3n) is 3.13. The van der Waals surface area contributed by atoms with Crippen molar-refractivity contribution in [2.24, 2.45) is 0 Å². The minimum atomic E-state index is -0.124. The molecule has 0 spiro atoms. The normalized spacial score (nSPS) is 16.4. The SMILES string of the molecule is CCN1C(=O)/C(=C/c2ccc(Sc3ccccc3)o2)NC1=S. The molecule has 1 N–H and O–H groups in total. The van der Waals surface area contributed by atoms with Crippen molar-refractivity contribution in [1.82, 2.24) is 10.2 Å². The largest absolute Gasteiger partial charge is 0.450 e. The Balaban J connectivity index is 1.76. The number of nitrogens with zero attached hydrogens (tertiary/aromatic N) is 1. The van der Waals surface area contributed by atoms with Crippen LogP contribution in [0.5, 0.6) is 0 Å². The molecule has 4 nitrogen and oxygen atoms in total. The number of benzene rings is 1. The lowest BCUT2D eigenvalue weighted by molar-refractivity contribution is -0.122. The zero-order chi connectivity index (χ0) is 15.5. The molecule has 0 aliphatic carbocycles. The Morgan fingerprint density at radius 3 is 2.73 bits per heavy atom. The molecule has 1 aromatic heterocycles. The standard InChI is InChI=1S/C16H14N2O2S2/c1-2-18-15(19)13(17-16(18)21)10-11-8-9-14(20-11)22-12-6-4-3-5-7-12/h3-10H,2H2,1H3,(H,17,21)/b13-10-. The minimum absolute atomic E-state index is 0.124. The van der Waals surface area contributed by atoms with E-state index in [1.165, 1.54) is 16.7 Å². The van der Waals surface area contributed by atoms with Crippen LogP contribution < -0.4 is 5.32 Å². The van der Waals surface area contributed by atoms with Crippen molar-refractivity contribution in [3.05, 3.63) is 53.9 Å². The molecule has 22 heavy (non-hydrogen) atoms. The van der Waals surface area contributed by atoms with Crippen molar-refractivity contribution < 1.29 is 9.21 Å². The Hall–Kier alpha value is -2.05. The summed E-state index contributed by atoms with van der Waals surface area (Å²) in [5.74, 6) is 0.496. The van der Waals surface area contributed by atoms with Crippen LogP contribution >= 0.6 is 24.0 Å². The first-order valence-electron chi connectivity index (χ1n) is 6.84. The Bertz CT molecular complexity index is 738. The topological polar surface area (TPSA) is 45.5 Å². The Morgan fingerprint density at radius 1 is 1.27 bits per heavy atom. The van der Waals surface area contributed by atoms with E-state index in [0.717, 1.165) is 9.99 Å². The van der Waals surface area contributed by atoms with E-state index in [0.29, 0.717) is 23.1 Å². The molecule has 2 heterocycles. The quantitative estimate of drug-likeness (QED) is 0.686. The molecule has 1 saturated heterocycles. The highest BCUT2D eigenvalue weighted by Crippen LogP contribution is 2.29. The van der Waals surface area contributed by atoms with E-state index >= 15 is 0 Å². The number of carbonyl (C=O) groups is 1. The molecule has 0 radical (unpaired) electrons. The molecule has 1 aliphatic rings. The number of carbonyl (C=O) groups excluding carboxylic acids is 1. The first-order chi connectivity index (χ1) is 10.7. The van der Waals surface area contributed by atoms with Gasteiger partial charge in [0.05, 0.1) is 0 Å². The summed E-state index contributed by atoms with van der Waals surface area (Å²) < 4.78 is 5.73. The van der Waals surface area contributed by atoms with Crippen molar-refractivity contribution in [1.29, 1.82) is 0 Å². The molecule has 1 aromatic carbocycles. The highest BCUT2D eigenvalue weighted by atomic mass is 32.2. The molecular weight excluding hydrogens is 316 g/mol. The van der Waals surface area contributed by atoms with E-state index in [2.05, 4.69) is 5.32 Å². The van der Waals surface area contributed by atoms with Crippen molar-refractivity contribution in [2.75, 3.05) is 6.54 Å². The summed E-state index contributed by atoms with van der Waals surface area (Å²) in [4.78, 5) is 14.7. The highest BCUT2D eigenvalue weighted by molar-refractivity contribution is 7.99. The van der Waals surface area contributed by atoms with Crippen molar-refractivity contribution in [3.8, 4) is 0 Å². The number of likely N-dealkylation sites (N-methyl/N-ethyl adjacent to an activating group) is 1. The fraction of sp³-hybridized carbons (Fsp3) is 0.125. The number of nitrogens with one attached hydrogen (secondary N) is 1. The van der Waals surface area contributed by atoms with Gasteiger partial charge in [-0.2, -0.15) is 0 Å². The summed E-state index contributed by atoms with van der Waals surface area (Å²) in [7, 11) is 0. The summed E-state index contributed by atoms with van der Waals surface area (Å²) in [5, 5.41) is 4.12. The number of thiocarbonyl (C=S) groups is 1. The molecule has 0 atom stereocenters. The maximum atomic E-state index is 12.1. The Kier molecular flexibility index (Phi) is 4.31. The second-order valence-corrected chi connectivity index (χ2v) is 6.07. The lowest BCUT2D eigenvalue weighted by Gasteiger charge is -2.08. The van der Waals surface area contributed by atoms with E-state index in [9.17, 15) is 4.79 Å². The lowest BCUT2D eigenvalue weighted by atomic mass is 10.3. The minimum Gasteiger partial charge on any atom is -0.450 e. The maximum absolute atomic E-state index is 12.1. The predicted octanol–water partition coefficient (Wildman–Crippen LogP) is 3.51. The first kappa shape index (κ1) is 14.9. The van der Waals surface area contributed by atoms with Crippen LogP contribution in [-0.4, -0.2) is 22.5 Å². The molecular formula is C16H14N2O2S2. The van der Waals surface area contributed by atoms with E-state index in [1.54, 1.807) is 6.08 Å². The monoisotopic (exact) mass is 330 g/mol. The van der Waals surface area contributed by atoms with Gasteiger partial charge in [0.1, 0.15) is 11.5 Å². The number of furan rings is 1. The van der Waals surface area contributed by atoms with Crippen molar-refractivity contribution in [3.63, 3.8) is 0 Å². The molecule has 1 aliphatic heterocycles. The first-order valence-corrected chi connectivity index (χ1v) is 8.07. The molecule has 2 aromatic rings. The number of rotatable bonds is 4. The molecule has 1 fully saturated rings.